The third kappa shape index (κ3) is 4.32. The van der Waals surface area contributed by atoms with E-state index < -0.39 is 11.9 Å². The maximum Gasteiger partial charge on any atom is 0.317 e. The number of methoxy groups -OCH3 is 3. The van der Waals surface area contributed by atoms with Crippen LogP contribution in [-0.4, -0.2) is 39.7 Å². The van der Waals surface area contributed by atoms with Gasteiger partial charge in [0.2, 0.25) is 0 Å². The second-order valence-corrected chi connectivity index (χ2v) is 6.96. The van der Waals surface area contributed by atoms with Gasteiger partial charge in [0.15, 0.2) is 5.78 Å². The number of benzene rings is 2. The van der Waals surface area contributed by atoms with E-state index >= 15 is 0 Å². The molecule has 0 unspecified atom stereocenters. The lowest BCUT2D eigenvalue weighted by molar-refractivity contribution is -0.151. The van der Waals surface area contributed by atoms with Gasteiger partial charge in [-0.25, -0.2) is 0 Å². The zero-order valence-corrected chi connectivity index (χ0v) is 17.6. The molecule has 2 aromatic carbocycles. The van der Waals surface area contributed by atoms with E-state index in [2.05, 4.69) is 0 Å². The lowest BCUT2D eigenvalue weighted by Gasteiger charge is -2.30. The van der Waals surface area contributed by atoms with Crippen molar-refractivity contribution in [3.8, 4) is 17.2 Å². The molecule has 6 heteroatoms. The Morgan fingerprint density at radius 2 is 1.73 bits per heavy atom. The van der Waals surface area contributed by atoms with Gasteiger partial charge in [0.05, 0.1) is 27.9 Å². The summed E-state index contributed by atoms with van der Waals surface area (Å²) in [5.41, 5.74) is 2.39. The van der Waals surface area contributed by atoms with Crippen molar-refractivity contribution in [1.82, 2.24) is 0 Å². The number of esters is 1. The number of hydrogen-bond donors (Lipinski definition) is 0. The number of ether oxygens (including phenoxy) is 4. The van der Waals surface area contributed by atoms with Crippen LogP contribution >= 0.6 is 0 Å². The smallest absolute Gasteiger partial charge is 0.317 e. The number of rotatable bonds is 7. The average Bonchev–Trinajstić information content (AvgIpc) is 2.78. The van der Waals surface area contributed by atoms with Gasteiger partial charge in [-0.05, 0) is 60.9 Å². The van der Waals surface area contributed by atoms with Crippen LogP contribution in [0.2, 0.25) is 0 Å². The predicted molar refractivity (Wildman–Crippen MR) is 113 cm³/mol. The summed E-state index contributed by atoms with van der Waals surface area (Å²) < 4.78 is 21.4. The molecule has 6 nitrogen and oxygen atoms in total. The van der Waals surface area contributed by atoms with Crippen LogP contribution in [0.1, 0.15) is 30.4 Å². The van der Waals surface area contributed by atoms with Gasteiger partial charge in [-0.2, -0.15) is 0 Å². The third-order valence-corrected chi connectivity index (χ3v) is 5.28. The van der Waals surface area contributed by atoms with Gasteiger partial charge in [0.1, 0.15) is 23.2 Å². The Balaban J connectivity index is 2.09. The molecule has 2 atom stereocenters. The van der Waals surface area contributed by atoms with Gasteiger partial charge < -0.3 is 18.9 Å². The number of carbonyl (C=O) groups excluding carboxylic acids is 2. The molecule has 1 aliphatic carbocycles. The van der Waals surface area contributed by atoms with Crippen LogP contribution in [0.3, 0.4) is 0 Å². The van der Waals surface area contributed by atoms with E-state index in [0.717, 1.165) is 16.7 Å². The highest BCUT2D eigenvalue weighted by molar-refractivity contribution is 6.11. The standard InChI is InChI=1S/C24H26O6/c1-5-30-24(26)23-20(15-7-6-8-17(11-15)27-2)12-16(13-21(23)25)19-14-18(28-3)9-10-22(19)29-4/h6-11,13-14,20,23H,5,12H2,1-4H3/t20-,23-/m1/s1. The Bertz CT molecular complexity index is 962. The molecule has 0 bridgehead atoms. The Labute approximate surface area is 176 Å². The fourth-order valence-electron chi connectivity index (χ4n) is 3.82. The van der Waals surface area contributed by atoms with E-state index in [1.165, 1.54) is 6.08 Å². The Kier molecular flexibility index (Phi) is 6.77. The summed E-state index contributed by atoms with van der Waals surface area (Å²) in [6.07, 6.45) is 1.99. The molecule has 0 heterocycles. The van der Waals surface area contributed by atoms with Crippen molar-refractivity contribution in [3.05, 3.63) is 59.7 Å². The predicted octanol–water partition coefficient (Wildman–Crippen LogP) is 4.03. The summed E-state index contributed by atoms with van der Waals surface area (Å²) in [4.78, 5) is 25.8. The van der Waals surface area contributed by atoms with Crippen molar-refractivity contribution in [2.24, 2.45) is 5.92 Å². The fraction of sp³-hybridized carbons (Fsp3) is 0.333. The zero-order valence-electron chi connectivity index (χ0n) is 17.6. The topological polar surface area (TPSA) is 71.1 Å². The van der Waals surface area contributed by atoms with E-state index in [1.54, 1.807) is 40.4 Å². The summed E-state index contributed by atoms with van der Waals surface area (Å²) in [6.45, 7) is 1.95. The maximum absolute atomic E-state index is 13.1. The van der Waals surface area contributed by atoms with Crippen LogP contribution < -0.4 is 14.2 Å². The summed E-state index contributed by atoms with van der Waals surface area (Å²) in [6, 6.07) is 12.9. The lowest BCUT2D eigenvalue weighted by atomic mass is 9.73. The van der Waals surface area contributed by atoms with Crippen molar-refractivity contribution in [2.75, 3.05) is 27.9 Å². The second kappa shape index (κ2) is 9.48. The molecular weight excluding hydrogens is 384 g/mol. The summed E-state index contributed by atoms with van der Waals surface area (Å²) in [7, 11) is 4.75. The van der Waals surface area contributed by atoms with Crippen molar-refractivity contribution >= 4 is 17.3 Å². The largest absolute Gasteiger partial charge is 0.497 e. The maximum atomic E-state index is 13.1. The number of carbonyl (C=O) groups is 2. The molecular formula is C24H26O6. The highest BCUT2D eigenvalue weighted by atomic mass is 16.5. The monoisotopic (exact) mass is 410 g/mol. The van der Waals surface area contributed by atoms with Gasteiger partial charge in [0, 0.05) is 11.5 Å². The Morgan fingerprint density at radius 1 is 1.00 bits per heavy atom. The van der Waals surface area contributed by atoms with Gasteiger partial charge in [-0.3, -0.25) is 9.59 Å². The summed E-state index contributed by atoms with van der Waals surface area (Å²) in [5.74, 6) is -0.133. The van der Waals surface area contributed by atoms with Crippen molar-refractivity contribution in [3.63, 3.8) is 0 Å². The van der Waals surface area contributed by atoms with Gasteiger partial charge in [-0.1, -0.05) is 12.1 Å². The first-order valence-corrected chi connectivity index (χ1v) is 9.79. The number of ketones is 1. The normalized spacial score (nSPS) is 18.4. The van der Waals surface area contributed by atoms with Crippen molar-refractivity contribution in [2.45, 2.75) is 19.3 Å². The molecule has 158 valence electrons. The molecule has 0 saturated carbocycles. The van der Waals surface area contributed by atoms with Crippen LogP contribution in [0, 0.1) is 5.92 Å². The zero-order chi connectivity index (χ0) is 21.7. The van der Waals surface area contributed by atoms with E-state index in [4.69, 9.17) is 18.9 Å². The first-order valence-electron chi connectivity index (χ1n) is 9.79. The van der Waals surface area contributed by atoms with Crippen molar-refractivity contribution < 1.29 is 28.5 Å². The molecule has 0 amide bonds. The molecule has 2 aromatic rings. The Hall–Kier alpha value is -3.28. The average molecular weight is 410 g/mol. The first kappa shape index (κ1) is 21.4. The molecule has 0 radical (unpaired) electrons. The molecule has 0 spiro atoms. The minimum atomic E-state index is -0.905. The minimum absolute atomic E-state index is 0.216. The van der Waals surface area contributed by atoms with Crippen molar-refractivity contribution in [1.29, 1.82) is 0 Å². The van der Waals surface area contributed by atoms with Crippen LogP contribution in [-0.2, 0) is 14.3 Å². The molecule has 0 aromatic heterocycles. The second-order valence-electron chi connectivity index (χ2n) is 6.96. The Morgan fingerprint density at radius 3 is 2.40 bits per heavy atom. The van der Waals surface area contributed by atoms with E-state index in [-0.39, 0.29) is 18.3 Å². The highest BCUT2D eigenvalue weighted by Crippen LogP contribution is 2.43. The number of allylic oxidation sites excluding steroid dienone is 2. The molecule has 0 N–H and O–H groups in total. The molecule has 0 saturated heterocycles. The summed E-state index contributed by atoms with van der Waals surface area (Å²) >= 11 is 0. The minimum Gasteiger partial charge on any atom is -0.497 e. The van der Waals surface area contributed by atoms with Crippen LogP contribution in [0.15, 0.2) is 48.5 Å². The van der Waals surface area contributed by atoms with Gasteiger partial charge in [0.25, 0.3) is 0 Å². The number of hydrogen-bond acceptors (Lipinski definition) is 6. The van der Waals surface area contributed by atoms with Gasteiger partial charge in [-0.15, -0.1) is 0 Å². The molecule has 3 rings (SSSR count). The van der Waals surface area contributed by atoms with Gasteiger partial charge >= 0.3 is 5.97 Å². The fourth-order valence-corrected chi connectivity index (χ4v) is 3.82. The highest BCUT2D eigenvalue weighted by Gasteiger charge is 2.40. The first-order chi connectivity index (χ1) is 14.5. The molecule has 30 heavy (non-hydrogen) atoms. The van der Waals surface area contributed by atoms with E-state index in [0.29, 0.717) is 23.7 Å². The third-order valence-electron chi connectivity index (χ3n) is 5.28. The van der Waals surface area contributed by atoms with Crippen LogP contribution in [0.5, 0.6) is 17.2 Å². The summed E-state index contributed by atoms with van der Waals surface area (Å²) in [5, 5.41) is 0. The molecule has 0 aliphatic heterocycles. The van der Waals surface area contributed by atoms with E-state index in [1.807, 2.05) is 30.3 Å². The van der Waals surface area contributed by atoms with E-state index in [9.17, 15) is 9.59 Å². The molecule has 1 aliphatic rings. The quantitative estimate of drug-likeness (QED) is 0.507. The van der Waals surface area contributed by atoms with Crippen LogP contribution in [0.4, 0.5) is 0 Å². The van der Waals surface area contributed by atoms with Crippen LogP contribution in [0.25, 0.3) is 5.57 Å². The lowest BCUT2D eigenvalue weighted by Crippen LogP contribution is -2.34. The SMILES string of the molecule is CCOC(=O)[C@H]1C(=O)C=C(c2cc(OC)ccc2OC)C[C@@H]1c1cccc(OC)c1. The molecule has 0 fully saturated rings.